The molecule has 2 aromatic heterocycles. The molecule has 0 aliphatic rings. The first-order chi connectivity index (χ1) is 9.65. The van der Waals surface area contributed by atoms with E-state index in [1.165, 1.54) is 18.5 Å². The Bertz CT molecular complexity index is 755. The van der Waals surface area contributed by atoms with Crippen LogP contribution in [0.1, 0.15) is 5.56 Å². The molecule has 0 atom stereocenters. The minimum absolute atomic E-state index is 0.130. The molecule has 3 N–H and O–H groups in total. The first-order valence-corrected chi connectivity index (χ1v) is 6.01. The Morgan fingerprint density at radius 2 is 2.00 bits per heavy atom. The summed E-state index contributed by atoms with van der Waals surface area (Å²) in [4.78, 5) is 17.3. The molecule has 2 heterocycles. The van der Waals surface area contributed by atoms with E-state index in [9.17, 15) is 10.2 Å². The Morgan fingerprint density at radius 3 is 2.80 bits per heavy atom. The molecular formula is C13H13N5O2. The van der Waals surface area contributed by atoms with Crippen molar-refractivity contribution in [2.45, 2.75) is 6.54 Å². The zero-order valence-electron chi connectivity index (χ0n) is 10.8. The molecule has 3 aromatic rings. The molecular weight excluding hydrogens is 258 g/mol. The number of nitrogens with one attached hydrogen (secondary N) is 1. The number of anilines is 1. The van der Waals surface area contributed by atoms with Crippen molar-refractivity contribution < 1.29 is 10.2 Å². The lowest BCUT2D eigenvalue weighted by Gasteiger charge is -2.18. The van der Waals surface area contributed by atoms with E-state index in [0.29, 0.717) is 12.2 Å². The van der Waals surface area contributed by atoms with Crippen LogP contribution in [-0.4, -0.2) is 37.2 Å². The van der Waals surface area contributed by atoms with E-state index in [-0.39, 0.29) is 11.5 Å². The van der Waals surface area contributed by atoms with Gasteiger partial charge in [0, 0.05) is 13.6 Å². The fourth-order valence-electron chi connectivity index (χ4n) is 2.06. The minimum Gasteiger partial charge on any atom is -0.504 e. The van der Waals surface area contributed by atoms with Crippen LogP contribution in [-0.2, 0) is 6.54 Å². The van der Waals surface area contributed by atoms with E-state index in [1.807, 2.05) is 11.9 Å². The second-order valence-corrected chi connectivity index (χ2v) is 4.48. The average Bonchev–Trinajstić information content (AvgIpc) is 2.91. The number of hydrogen-bond donors (Lipinski definition) is 3. The van der Waals surface area contributed by atoms with Crippen LogP contribution in [0.15, 0.2) is 30.9 Å². The first kappa shape index (κ1) is 12.2. The van der Waals surface area contributed by atoms with Crippen LogP contribution in [0.4, 0.5) is 5.82 Å². The first-order valence-electron chi connectivity index (χ1n) is 6.01. The Hall–Kier alpha value is -2.83. The summed E-state index contributed by atoms with van der Waals surface area (Å²) < 4.78 is 0. The van der Waals surface area contributed by atoms with Gasteiger partial charge >= 0.3 is 0 Å². The molecule has 0 bridgehead atoms. The van der Waals surface area contributed by atoms with Crippen molar-refractivity contribution in [3.8, 4) is 11.5 Å². The Labute approximate surface area is 114 Å². The third kappa shape index (κ3) is 2.09. The summed E-state index contributed by atoms with van der Waals surface area (Å²) in [5.41, 5.74) is 2.22. The smallest absolute Gasteiger partial charge is 0.182 e. The van der Waals surface area contributed by atoms with Crippen molar-refractivity contribution in [3.63, 3.8) is 0 Å². The maximum absolute atomic E-state index is 9.51. The quantitative estimate of drug-likeness (QED) is 0.623. The lowest BCUT2D eigenvalue weighted by molar-refractivity contribution is 0.403. The molecule has 7 nitrogen and oxygen atoms in total. The molecule has 102 valence electrons. The summed E-state index contributed by atoms with van der Waals surface area (Å²) >= 11 is 0. The maximum Gasteiger partial charge on any atom is 0.182 e. The van der Waals surface area contributed by atoms with E-state index in [4.69, 9.17) is 0 Å². The molecule has 3 rings (SSSR count). The van der Waals surface area contributed by atoms with Gasteiger partial charge in [-0.3, -0.25) is 0 Å². The predicted octanol–water partition coefficient (Wildman–Crippen LogP) is 1.40. The van der Waals surface area contributed by atoms with Gasteiger partial charge in [-0.2, -0.15) is 0 Å². The van der Waals surface area contributed by atoms with Crippen molar-refractivity contribution in [3.05, 3.63) is 36.4 Å². The van der Waals surface area contributed by atoms with Gasteiger partial charge in [0.1, 0.15) is 11.8 Å². The van der Waals surface area contributed by atoms with Crippen LogP contribution in [0.5, 0.6) is 11.5 Å². The highest BCUT2D eigenvalue weighted by Gasteiger charge is 2.11. The number of imidazole rings is 1. The molecule has 0 saturated carbocycles. The second kappa shape index (κ2) is 4.69. The third-order valence-corrected chi connectivity index (χ3v) is 3.02. The number of phenolic OH excluding ortho intramolecular Hbond substituents is 2. The number of H-pyrrole nitrogens is 1. The van der Waals surface area contributed by atoms with Gasteiger partial charge in [-0.25, -0.2) is 15.0 Å². The molecule has 20 heavy (non-hydrogen) atoms. The van der Waals surface area contributed by atoms with E-state index in [2.05, 4.69) is 19.9 Å². The number of aromatic nitrogens is 4. The number of hydrogen-bond acceptors (Lipinski definition) is 6. The Morgan fingerprint density at radius 1 is 1.15 bits per heavy atom. The Kier molecular flexibility index (Phi) is 2.86. The molecule has 0 aliphatic heterocycles. The summed E-state index contributed by atoms with van der Waals surface area (Å²) in [6, 6.07) is 4.73. The van der Waals surface area contributed by atoms with Crippen molar-refractivity contribution >= 4 is 17.0 Å². The lowest BCUT2D eigenvalue weighted by Crippen LogP contribution is -2.18. The molecule has 0 fully saturated rings. The standard InChI is InChI=1S/C13H13N5O2/c1-18(5-8-2-3-9(19)10(20)4-8)13-11-12(15-6-14-11)16-7-17-13/h2-4,6-7,19-20H,5H2,1H3,(H,14,15,16,17). The van der Waals surface area contributed by atoms with Crippen LogP contribution < -0.4 is 4.90 Å². The molecule has 0 spiro atoms. The van der Waals surface area contributed by atoms with Gasteiger partial charge in [0.15, 0.2) is 23.0 Å². The van der Waals surface area contributed by atoms with E-state index >= 15 is 0 Å². The predicted molar refractivity (Wildman–Crippen MR) is 73.6 cm³/mol. The highest BCUT2D eigenvalue weighted by molar-refractivity contribution is 5.82. The van der Waals surface area contributed by atoms with E-state index < -0.39 is 0 Å². The van der Waals surface area contributed by atoms with Crippen molar-refractivity contribution in [2.75, 3.05) is 11.9 Å². The summed E-state index contributed by atoms with van der Waals surface area (Å²) in [5.74, 6) is 0.458. The highest BCUT2D eigenvalue weighted by Crippen LogP contribution is 2.26. The molecule has 7 heteroatoms. The molecule has 0 radical (unpaired) electrons. The molecule has 1 aromatic carbocycles. The molecule has 0 amide bonds. The zero-order valence-corrected chi connectivity index (χ0v) is 10.8. The number of aromatic hydroxyl groups is 2. The van der Waals surface area contributed by atoms with E-state index in [1.54, 1.807) is 12.4 Å². The van der Waals surface area contributed by atoms with E-state index in [0.717, 1.165) is 16.9 Å². The van der Waals surface area contributed by atoms with Gasteiger partial charge in [0.2, 0.25) is 0 Å². The van der Waals surface area contributed by atoms with Crippen molar-refractivity contribution in [1.29, 1.82) is 0 Å². The second-order valence-electron chi connectivity index (χ2n) is 4.48. The summed E-state index contributed by atoms with van der Waals surface area (Å²) in [6.07, 6.45) is 3.03. The number of rotatable bonds is 3. The third-order valence-electron chi connectivity index (χ3n) is 3.02. The number of nitrogens with zero attached hydrogens (tertiary/aromatic N) is 4. The van der Waals surface area contributed by atoms with Gasteiger partial charge in [0.25, 0.3) is 0 Å². The summed E-state index contributed by atoms with van der Waals surface area (Å²) in [7, 11) is 1.88. The van der Waals surface area contributed by atoms with Gasteiger partial charge in [-0.15, -0.1) is 0 Å². The minimum atomic E-state index is -0.134. The van der Waals surface area contributed by atoms with Crippen LogP contribution in [0.2, 0.25) is 0 Å². The highest BCUT2D eigenvalue weighted by atomic mass is 16.3. The number of aromatic amines is 1. The van der Waals surface area contributed by atoms with Crippen LogP contribution in [0, 0.1) is 0 Å². The van der Waals surface area contributed by atoms with Crippen LogP contribution in [0.25, 0.3) is 11.2 Å². The monoisotopic (exact) mass is 271 g/mol. The largest absolute Gasteiger partial charge is 0.504 e. The van der Waals surface area contributed by atoms with Gasteiger partial charge in [-0.05, 0) is 17.7 Å². The van der Waals surface area contributed by atoms with Gasteiger partial charge in [-0.1, -0.05) is 6.07 Å². The SMILES string of the molecule is CN(Cc1ccc(O)c(O)c1)c1ncnc2nc[nH]c12. The molecule has 0 unspecified atom stereocenters. The Balaban J connectivity index is 1.90. The topological polar surface area (TPSA) is 98.2 Å². The average molecular weight is 271 g/mol. The van der Waals surface area contributed by atoms with Crippen LogP contribution >= 0.6 is 0 Å². The molecule has 0 saturated heterocycles. The van der Waals surface area contributed by atoms with Gasteiger partial charge < -0.3 is 20.1 Å². The lowest BCUT2D eigenvalue weighted by atomic mass is 10.2. The fourth-order valence-corrected chi connectivity index (χ4v) is 2.06. The number of phenols is 2. The van der Waals surface area contributed by atoms with Crippen molar-refractivity contribution in [2.24, 2.45) is 0 Å². The number of benzene rings is 1. The molecule has 0 aliphatic carbocycles. The zero-order chi connectivity index (χ0) is 14.1. The summed E-state index contributed by atoms with van der Waals surface area (Å²) in [5, 5.41) is 18.8. The van der Waals surface area contributed by atoms with Crippen molar-refractivity contribution in [1.82, 2.24) is 19.9 Å². The number of fused-ring (bicyclic) bond motifs is 1. The maximum atomic E-state index is 9.51. The van der Waals surface area contributed by atoms with Gasteiger partial charge in [0.05, 0.1) is 6.33 Å². The normalized spacial score (nSPS) is 10.8. The van der Waals surface area contributed by atoms with Crippen LogP contribution in [0.3, 0.4) is 0 Å². The fraction of sp³-hybridized carbons (Fsp3) is 0.154. The summed E-state index contributed by atoms with van der Waals surface area (Å²) in [6.45, 7) is 0.527.